The van der Waals surface area contributed by atoms with Crippen molar-refractivity contribution in [2.45, 2.75) is 58.1 Å². The molecule has 2 aromatic rings. The van der Waals surface area contributed by atoms with Gasteiger partial charge in [-0.25, -0.2) is 0 Å². The summed E-state index contributed by atoms with van der Waals surface area (Å²) in [6.45, 7) is 5.10. The monoisotopic (exact) mass is 448 g/mol. The molecule has 1 N–H and O–H groups in total. The molecule has 4 rings (SSSR count). The molecule has 33 heavy (non-hydrogen) atoms. The van der Waals surface area contributed by atoms with Crippen LogP contribution in [-0.4, -0.2) is 53.6 Å². The van der Waals surface area contributed by atoms with Gasteiger partial charge < -0.3 is 19.5 Å². The van der Waals surface area contributed by atoms with Crippen molar-refractivity contribution in [1.82, 2.24) is 14.8 Å². The Hall–Kier alpha value is -3.11. The summed E-state index contributed by atoms with van der Waals surface area (Å²) in [5.41, 5.74) is 2.96. The molecule has 2 aliphatic heterocycles. The first-order valence-corrected chi connectivity index (χ1v) is 12.0. The van der Waals surface area contributed by atoms with E-state index in [4.69, 9.17) is 4.74 Å². The smallest absolute Gasteiger partial charge is 0.262 e. The maximum atomic E-state index is 13.0. The molecule has 2 saturated heterocycles. The number of hydrogen-bond donors (Lipinski definition) is 1. The Kier molecular flexibility index (Phi) is 7.46. The maximum absolute atomic E-state index is 13.0. The number of carbonyl (C=O) groups excluding carboxylic acids is 2. The highest BCUT2D eigenvalue weighted by Crippen LogP contribution is 2.28. The van der Waals surface area contributed by atoms with E-state index in [1.807, 2.05) is 33.9 Å². The molecule has 1 atom stereocenters. The fraction of sp³-hybridized carbons (Fsp3) is 0.500. The van der Waals surface area contributed by atoms with Crippen LogP contribution in [0.5, 0.6) is 0 Å². The first-order chi connectivity index (χ1) is 16.1. The van der Waals surface area contributed by atoms with Gasteiger partial charge in [0.05, 0.1) is 11.6 Å². The van der Waals surface area contributed by atoms with Crippen LogP contribution in [0.25, 0.3) is 17.0 Å². The number of ether oxygens (including phenoxy) is 1. The molecule has 7 nitrogen and oxygen atoms in total. The van der Waals surface area contributed by atoms with Crippen LogP contribution in [0.2, 0.25) is 0 Å². The minimum absolute atomic E-state index is 0.0173. The predicted octanol–water partition coefficient (Wildman–Crippen LogP) is 3.42. The zero-order valence-corrected chi connectivity index (χ0v) is 19.3. The highest BCUT2D eigenvalue weighted by molar-refractivity contribution is 6.04. The zero-order valence-electron chi connectivity index (χ0n) is 19.3. The van der Waals surface area contributed by atoms with Gasteiger partial charge in [0.1, 0.15) is 18.2 Å². The first kappa shape index (κ1) is 23.1. The van der Waals surface area contributed by atoms with Crippen molar-refractivity contribution in [3.8, 4) is 6.07 Å². The van der Waals surface area contributed by atoms with E-state index in [1.54, 1.807) is 6.08 Å². The fourth-order valence-corrected chi connectivity index (χ4v) is 4.79. The van der Waals surface area contributed by atoms with Crippen LogP contribution in [0.3, 0.4) is 0 Å². The second kappa shape index (κ2) is 10.7. The van der Waals surface area contributed by atoms with Crippen molar-refractivity contribution in [3.05, 3.63) is 41.1 Å². The molecule has 2 amide bonds. The third-order valence-electron chi connectivity index (χ3n) is 6.59. The number of nitrogens with one attached hydrogen (secondary N) is 1. The van der Waals surface area contributed by atoms with Gasteiger partial charge in [-0.3, -0.25) is 9.59 Å². The molecule has 1 aromatic heterocycles. The number of rotatable bonds is 7. The number of hydrogen-bond acceptors (Lipinski definition) is 4. The van der Waals surface area contributed by atoms with Crippen molar-refractivity contribution in [2.24, 2.45) is 0 Å². The number of amides is 2. The van der Waals surface area contributed by atoms with Crippen molar-refractivity contribution in [2.75, 3.05) is 26.2 Å². The van der Waals surface area contributed by atoms with Gasteiger partial charge in [0.2, 0.25) is 5.91 Å². The topological polar surface area (TPSA) is 87.4 Å². The van der Waals surface area contributed by atoms with E-state index in [1.165, 1.54) is 6.42 Å². The molecule has 3 heterocycles. The van der Waals surface area contributed by atoms with E-state index < -0.39 is 5.91 Å². The lowest BCUT2D eigenvalue weighted by atomic mass is 10.1. The number of piperidine rings is 1. The lowest BCUT2D eigenvalue weighted by Gasteiger charge is -2.27. The summed E-state index contributed by atoms with van der Waals surface area (Å²) in [6.07, 6.45) is 9.58. The zero-order chi connectivity index (χ0) is 23.2. The summed E-state index contributed by atoms with van der Waals surface area (Å²) in [4.78, 5) is 27.6. The number of nitrogens with zero attached hydrogens (tertiary/aromatic N) is 3. The Morgan fingerprint density at radius 1 is 1.24 bits per heavy atom. The van der Waals surface area contributed by atoms with Gasteiger partial charge in [-0.15, -0.1) is 0 Å². The number of benzene rings is 1. The normalized spacial score (nSPS) is 19.0. The summed E-state index contributed by atoms with van der Waals surface area (Å²) in [5, 5.41) is 13.4. The summed E-state index contributed by atoms with van der Waals surface area (Å²) in [7, 11) is 0. The number of aryl methyl sites for hydroxylation is 1. The van der Waals surface area contributed by atoms with Crippen LogP contribution in [0.4, 0.5) is 0 Å². The van der Waals surface area contributed by atoms with Gasteiger partial charge in [0.25, 0.3) is 5.91 Å². The minimum Gasteiger partial charge on any atom is -0.376 e. The highest BCUT2D eigenvalue weighted by atomic mass is 16.5. The molecular formula is C26H32N4O3. The van der Waals surface area contributed by atoms with Gasteiger partial charge in [-0.2, -0.15) is 5.26 Å². The van der Waals surface area contributed by atoms with E-state index >= 15 is 0 Å². The molecule has 0 spiro atoms. The van der Waals surface area contributed by atoms with E-state index in [0.29, 0.717) is 6.54 Å². The maximum Gasteiger partial charge on any atom is 0.262 e. The molecule has 0 aliphatic carbocycles. The summed E-state index contributed by atoms with van der Waals surface area (Å²) < 4.78 is 7.53. The molecule has 0 bridgehead atoms. The van der Waals surface area contributed by atoms with Crippen LogP contribution >= 0.6 is 0 Å². The van der Waals surface area contributed by atoms with Gasteiger partial charge in [-0.1, -0.05) is 25.1 Å². The number of fused-ring (bicyclic) bond motifs is 1. The number of likely N-dealkylation sites (tertiary alicyclic amines) is 1. The van der Waals surface area contributed by atoms with E-state index in [0.717, 1.165) is 73.8 Å². The number of para-hydroxylation sites is 1. The number of carbonyl (C=O) groups is 2. The Bertz CT molecular complexity index is 1080. The van der Waals surface area contributed by atoms with Crippen molar-refractivity contribution >= 4 is 28.8 Å². The van der Waals surface area contributed by atoms with Gasteiger partial charge >= 0.3 is 0 Å². The largest absolute Gasteiger partial charge is 0.376 e. The molecule has 0 saturated carbocycles. The second-order valence-electron chi connectivity index (χ2n) is 8.84. The number of aromatic nitrogens is 1. The first-order valence-electron chi connectivity index (χ1n) is 12.0. The minimum atomic E-state index is -0.398. The lowest BCUT2D eigenvalue weighted by Crippen LogP contribution is -2.37. The molecule has 174 valence electrons. The lowest BCUT2D eigenvalue weighted by molar-refractivity contribution is -0.132. The van der Waals surface area contributed by atoms with E-state index in [-0.39, 0.29) is 24.1 Å². The van der Waals surface area contributed by atoms with Crippen molar-refractivity contribution < 1.29 is 14.3 Å². The average molecular weight is 449 g/mol. The van der Waals surface area contributed by atoms with E-state index in [9.17, 15) is 14.9 Å². The molecule has 7 heteroatoms. The predicted molar refractivity (Wildman–Crippen MR) is 127 cm³/mol. The number of nitriles is 1. The molecular weight excluding hydrogens is 416 g/mol. The third-order valence-corrected chi connectivity index (χ3v) is 6.59. The fourth-order valence-electron chi connectivity index (χ4n) is 4.79. The Morgan fingerprint density at radius 2 is 2.06 bits per heavy atom. The quantitative estimate of drug-likeness (QED) is 0.519. The molecule has 1 aromatic carbocycles. The summed E-state index contributed by atoms with van der Waals surface area (Å²) in [5.74, 6) is -0.284. The van der Waals surface area contributed by atoms with Crippen LogP contribution < -0.4 is 5.32 Å². The van der Waals surface area contributed by atoms with Crippen LogP contribution in [0, 0.1) is 11.3 Å². The summed E-state index contributed by atoms with van der Waals surface area (Å²) in [6, 6.07) is 8.08. The standard InChI is InChI=1S/C26H32N4O3/c1-2-19-8-6-10-23-21(14-20(15-27)26(32)28-16-22-9-7-13-33-22)17-30(25(19)23)18-24(31)29-11-4-3-5-12-29/h6,8,10,14,17,22H,2-5,7,9,11-13,16,18H2,1H3,(H,28,32)/b20-14+/t22-/m1/s1. The summed E-state index contributed by atoms with van der Waals surface area (Å²) >= 11 is 0. The second-order valence-corrected chi connectivity index (χ2v) is 8.84. The third kappa shape index (κ3) is 5.28. The average Bonchev–Trinajstić information content (AvgIpc) is 3.49. The van der Waals surface area contributed by atoms with E-state index in [2.05, 4.69) is 18.3 Å². The van der Waals surface area contributed by atoms with Gasteiger partial charge in [0.15, 0.2) is 0 Å². The molecule has 0 unspecified atom stereocenters. The van der Waals surface area contributed by atoms with Crippen LogP contribution in [0.1, 0.15) is 50.2 Å². The van der Waals surface area contributed by atoms with Crippen molar-refractivity contribution in [3.63, 3.8) is 0 Å². The highest BCUT2D eigenvalue weighted by Gasteiger charge is 2.21. The van der Waals surface area contributed by atoms with Crippen LogP contribution in [-0.2, 0) is 27.3 Å². The Labute approximate surface area is 195 Å². The molecule has 2 aliphatic rings. The van der Waals surface area contributed by atoms with Gasteiger partial charge in [0, 0.05) is 43.4 Å². The van der Waals surface area contributed by atoms with Gasteiger partial charge in [-0.05, 0) is 50.2 Å². The van der Waals surface area contributed by atoms with Crippen LogP contribution in [0.15, 0.2) is 30.0 Å². The molecule has 2 fully saturated rings. The Morgan fingerprint density at radius 3 is 2.76 bits per heavy atom. The SMILES string of the molecule is CCc1cccc2c(/C=C(\C#N)C(=O)NC[C@H]3CCCO3)cn(CC(=O)N3CCCCC3)c12. The Balaban J connectivity index is 1.61. The van der Waals surface area contributed by atoms with Crippen molar-refractivity contribution in [1.29, 1.82) is 5.26 Å². The molecule has 0 radical (unpaired) electrons.